The number of ether oxygens (including phenoxy) is 1. The molecule has 1 aromatic rings. The number of para-hydroxylation sites is 1. The van der Waals surface area contributed by atoms with E-state index in [-0.39, 0.29) is 0 Å². The summed E-state index contributed by atoms with van der Waals surface area (Å²) >= 11 is 0. The maximum Gasteiger partial charge on any atom is 0.0576 e. The maximum absolute atomic E-state index is 5.95. The minimum Gasteiger partial charge on any atom is -0.398 e. The maximum atomic E-state index is 5.95. The first-order valence-corrected chi connectivity index (χ1v) is 6.89. The first kappa shape index (κ1) is 13.4. The first-order chi connectivity index (χ1) is 8.75. The van der Waals surface area contributed by atoms with Crippen LogP contribution < -0.4 is 5.73 Å². The number of anilines is 1. The lowest BCUT2D eigenvalue weighted by Gasteiger charge is -2.18. The quantitative estimate of drug-likeness (QED) is 0.787. The molecule has 0 aromatic heterocycles. The van der Waals surface area contributed by atoms with Gasteiger partial charge < -0.3 is 15.4 Å². The molecular weight excluding hydrogens is 224 g/mol. The summed E-state index contributed by atoms with van der Waals surface area (Å²) in [5, 5.41) is 0. The van der Waals surface area contributed by atoms with E-state index < -0.39 is 0 Å². The molecule has 0 spiro atoms. The summed E-state index contributed by atoms with van der Waals surface area (Å²) in [6.07, 6.45) is 5.39. The van der Waals surface area contributed by atoms with Gasteiger partial charge in [-0.15, -0.1) is 0 Å². The molecule has 1 aliphatic rings. The third-order valence-corrected chi connectivity index (χ3v) is 3.59. The zero-order chi connectivity index (χ0) is 12.8. The highest BCUT2D eigenvalue weighted by atomic mass is 16.5. The van der Waals surface area contributed by atoms with E-state index >= 15 is 0 Å². The molecular formula is C15H24N2O. The van der Waals surface area contributed by atoms with Gasteiger partial charge in [-0.1, -0.05) is 18.2 Å². The van der Waals surface area contributed by atoms with E-state index in [0.29, 0.717) is 6.10 Å². The molecule has 0 aliphatic carbocycles. The molecule has 1 aromatic carbocycles. The van der Waals surface area contributed by atoms with Gasteiger partial charge in [0.25, 0.3) is 0 Å². The standard InChI is InChI=1S/C15H24N2O/c1-17(10-4-7-14-8-5-11-18-14)12-13-6-2-3-9-15(13)16/h2-3,6,9,14H,4-5,7-8,10-12,16H2,1H3. The number of rotatable bonds is 6. The van der Waals surface area contributed by atoms with Gasteiger partial charge in [0.2, 0.25) is 0 Å². The Morgan fingerprint density at radius 2 is 2.22 bits per heavy atom. The monoisotopic (exact) mass is 248 g/mol. The summed E-state index contributed by atoms with van der Waals surface area (Å²) in [6, 6.07) is 8.10. The topological polar surface area (TPSA) is 38.5 Å². The van der Waals surface area contributed by atoms with Crippen LogP contribution in [0, 0.1) is 0 Å². The number of benzene rings is 1. The fourth-order valence-corrected chi connectivity index (χ4v) is 2.51. The lowest BCUT2D eigenvalue weighted by atomic mass is 10.1. The summed E-state index contributed by atoms with van der Waals surface area (Å²) < 4.78 is 5.63. The van der Waals surface area contributed by atoms with E-state index in [9.17, 15) is 0 Å². The van der Waals surface area contributed by atoms with Crippen molar-refractivity contribution in [2.75, 3.05) is 25.9 Å². The van der Waals surface area contributed by atoms with Crippen LogP contribution in [-0.2, 0) is 11.3 Å². The second kappa shape index (κ2) is 6.76. The molecule has 0 saturated carbocycles. The van der Waals surface area contributed by atoms with Crippen molar-refractivity contribution in [1.29, 1.82) is 0 Å². The lowest BCUT2D eigenvalue weighted by Crippen LogP contribution is -2.21. The third kappa shape index (κ3) is 4.00. The van der Waals surface area contributed by atoms with Crippen molar-refractivity contribution >= 4 is 5.69 Å². The van der Waals surface area contributed by atoms with Gasteiger partial charge in [0.15, 0.2) is 0 Å². The van der Waals surface area contributed by atoms with Crippen LogP contribution in [0.5, 0.6) is 0 Å². The van der Waals surface area contributed by atoms with Crippen molar-refractivity contribution in [2.45, 2.75) is 38.3 Å². The molecule has 1 fully saturated rings. The van der Waals surface area contributed by atoms with Gasteiger partial charge in [0.1, 0.15) is 0 Å². The van der Waals surface area contributed by atoms with Crippen LogP contribution >= 0.6 is 0 Å². The third-order valence-electron chi connectivity index (χ3n) is 3.59. The zero-order valence-electron chi connectivity index (χ0n) is 11.3. The molecule has 1 heterocycles. The highest BCUT2D eigenvalue weighted by molar-refractivity contribution is 5.46. The van der Waals surface area contributed by atoms with E-state index in [2.05, 4.69) is 18.0 Å². The van der Waals surface area contributed by atoms with Gasteiger partial charge in [0, 0.05) is 18.8 Å². The largest absolute Gasteiger partial charge is 0.398 e. The Bertz CT molecular complexity index is 361. The number of nitrogens with two attached hydrogens (primary N) is 1. The average Bonchev–Trinajstić information content (AvgIpc) is 2.85. The van der Waals surface area contributed by atoms with E-state index in [4.69, 9.17) is 10.5 Å². The van der Waals surface area contributed by atoms with Gasteiger partial charge in [-0.25, -0.2) is 0 Å². The Kier molecular flexibility index (Phi) is 5.02. The van der Waals surface area contributed by atoms with Gasteiger partial charge in [0.05, 0.1) is 6.10 Å². The second-order valence-corrected chi connectivity index (χ2v) is 5.21. The molecule has 1 saturated heterocycles. The molecule has 1 aliphatic heterocycles. The van der Waals surface area contributed by atoms with Crippen molar-refractivity contribution in [3.63, 3.8) is 0 Å². The smallest absolute Gasteiger partial charge is 0.0576 e. The molecule has 2 N–H and O–H groups in total. The van der Waals surface area contributed by atoms with Crippen molar-refractivity contribution in [3.05, 3.63) is 29.8 Å². The van der Waals surface area contributed by atoms with Crippen LogP contribution in [0.15, 0.2) is 24.3 Å². The van der Waals surface area contributed by atoms with Gasteiger partial charge in [-0.05, 0) is 50.9 Å². The molecule has 0 bridgehead atoms. The molecule has 0 amide bonds. The van der Waals surface area contributed by atoms with E-state index in [1.807, 2.05) is 18.2 Å². The molecule has 3 heteroatoms. The summed E-state index contributed by atoms with van der Waals surface area (Å²) in [4.78, 5) is 2.33. The van der Waals surface area contributed by atoms with Crippen LogP contribution in [0.3, 0.4) is 0 Å². The predicted molar refractivity (Wildman–Crippen MR) is 75.4 cm³/mol. The van der Waals surface area contributed by atoms with Gasteiger partial charge in [-0.3, -0.25) is 0 Å². The molecule has 100 valence electrons. The first-order valence-electron chi connectivity index (χ1n) is 6.89. The Balaban J connectivity index is 1.68. The Morgan fingerprint density at radius 1 is 1.39 bits per heavy atom. The fraction of sp³-hybridized carbons (Fsp3) is 0.600. The molecule has 3 nitrogen and oxygen atoms in total. The lowest BCUT2D eigenvalue weighted by molar-refractivity contribution is 0.0995. The number of nitrogen functional groups attached to an aromatic ring is 1. The molecule has 1 unspecified atom stereocenters. The van der Waals surface area contributed by atoms with Gasteiger partial charge >= 0.3 is 0 Å². The van der Waals surface area contributed by atoms with E-state index in [1.54, 1.807) is 0 Å². The number of nitrogens with zero attached hydrogens (tertiary/aromatic N) is 1. The number of hydrogen-bond acceptors (Lipinski definition) is 3. The highest BCUT2D eigenvalue weighted by Crippen LogP contribution is 2.17. The van der Waals surface area contributed by atoms with Crippen molar-refractivity contribution < 1.29 is 4.74 Å². The minimum atomic E-state index is 0.514. The summed E-state index contributed by atoms with van der Waals surface area (Å²) in [5.74, 6) is 0. The van der Waals surface area contributed by atoms with Crippen LogP contribution in [0.25, 0.3) is 0 Å². The molecule has 1 atom stereocenters. The summed E-state index contributed by atoms with van der Waals surface area (Å²) in [5.41, 5.74) is 8.06. The van der Waals surface area contributed by atoms with Gasteiger partial charge in [-0.2, -0.15) is 0 Å². The van der Waals surface area contributed by atoms with Crippen LogP contribution in [-0.4, -0.2) is 31.2 Å². The summed E-state index contributed by atoms with van der Waals surface area (Å²) in [7, 11) is 2.15. The Labute approximate surface area is 110 Å². The van der Waals surface area contributed by atoms with Crippen LogP contribution in [0.4, 0.5) is 5.69 Å². The minimum absolute atomic E-state index is 0.514. The van der Waals surface area contributed by atoms with Crippen LogP contribution in [0.1, 0.15) is 31.2 Å². The van der Waals surface area contributed by atoms with E-state index in [1.165, 1.54) is 31.2 Å². The van der Waals surface area contributed by atoms with Crippen LogP contribution in [0.2, 0.25) is 0 Å². The SMILES string of the molecule is CN(CCCC1CCCO1)Cc1ccccc1N. The normalized spacial score (nSPS) is 19.6. The van der Waals surface area contributed by atoms with Crippen molar-refractivity contribution in [2.24, 2.45) is 0 Å². The molecule has 2 rings (SSSR count). The summed E-state index contributed by atoms with van der Waals surface area (Å²) in [6.45, 7) is 2.99. The Morgan fingerprint density at radius 3 is 2.94 bits per heavy atom. The van der Waals surface area contributed by atoms with E-state index in [0.717, 1.165) is 25.4 Å². The molecule has 0 radical (unpaired) electrons. The predicted octanol–water partition coefficient (Wildman–Crippen LogP) is 2.66. The molecule has 18 heavy (non-hydrogen) atoms. The number of hydrogen-bond donors (Lipinski definition) is 1. The second-order valence-electron chi connectivity index (χ2n) is 5.21. The highest BCUT2D eigenvalue weighted by Gasteiger charge is 2.14. The average molecular weight is 248 g/mol. The zero-order valence-corrected chi connectivity index (χ0v) is 11.3. The fourth-order valence-electron chi connectivity index (χ4n) is 2.51. The Hall–Kier alpha value is -1.06. The van der Waals surface area contributed by atoms with Crippen molar-refractivity contribution in [3.8, 4) is 0 Å². The van der Waals surface area contributed by atoms with Crippen molar-refractivity contribution in [1.82, 2.24) is 4.90 Å².